The Labute approximate surface area is 83.7 Å². The van der Waals surface area contributed by atoms with Crippen molar-refractivity contribution in [2.45, 2.75) is 32.2 Å². The predicted octanol–water partition coefficient (Wildman–Crippen LogP) is 2.14. The number of aromatic nitrogens is 1. The van der Waals surface area contributed by atoms with E-state index in [1.165, 1.54) is 17.6 Å². The molecule has 0 aliphatic carbocycles. The van der Waals surface area contributed by atoms with Crippen molar-refractivity contribution < 1.29 is 8.42 Å². The molecule has 0 fully saturated rings. The van der Waals surface area contributed by atoms with Crippen LogP contribution in [0.2, 0.25) is 0 Å². The summed E-state index contributed by atoms with van der Waals surface area (Å²) in [4.78, 5) is 4.63. The summed E-state index contributed by atoms with van der Waals surface area (Å²) < 4.78 is 22.0. The third-order valence-corrected chi connectivity index (χ3v) is 3.44. The van der Waals surface area contributed by atoms with E-state index in [1.807, 2.05) is 20.8 Å². The van der Waals surface area contributed by atoms with Gasteiger partial charge in [-0.25, -0.2) is 13.4 Å². The van der Waals surface area contributed by atoms with Gasteiger partial charge in [0.15, 0.2) is 14.9 Å². The number of hydrogen-bond donors (Lipinski definition) is 0. The average molecular weight is 221 g/mol. The van der Waals surface area contributed by atoms with Crippen LogP contribution < -0.4 is 0 Å². The first-order chi connectivity index (χ1) is 6.05. The molecule has 76 valence electrons. The highest BCUT2D eigenvalue weighted by molar-refractivity contribution is 7.90. The molecule has 0 saturated carbocycles. The van der Waals surface area contributed by atoms with Crippen LogP contribution in [0.15, 0.2) is 10.5 Å². The third-order valence-electron chi connectivity index (χ3n) is 1.28. The van der Waals surface area contributed by atoms with E-state index in [-0.39, 0.29) is 5.03 Å². The van der Waals surface area contributed by atoms with E-state index in [0.717, 1.165) is 11.3 Å². The Morgan fingerprint density at radius 3 is 2.31 bits per heavy atom. The molecule has 0 aliphatic heterocycles. The van der Waals surface area contributed by atoms with E-state index in [4.69, 9.17) is 0 Å². The fourth-order valence-electron chi connectivity index (χ4n) is 0.797. The summed E-state index contributed by atoms with van der Waals surface area (Å²) in [5.74, 6) is 0. The molecular formula is C8H15NO2S2. The topological polar surface area (TPSA) is 47.0 Å². The fourth-order valence-corrected chi connectivity index (χ4v) is 2.87. The highest BCUT2D eigenvalue weighted by Crippen LogP contribution is 2.18. The zero-order chi connectivity index (χ0) is 10.5. The Bertz CT molecular complexity index is 341. The zero-order valence-corrected chi connectivity index (χ0v) is 10.00. The molecule has 13 heavy (non-hydrogen) atoms. The predicted molar refractivity (Wildman–Crippen MR) is 55.9 cm³/mol. The number of sulfone groups is 1. The van der Waals surface area contributed by atoms with Crippen LogP contribution in [-0.2, 0) is 16.3 Å². The molecule has 0 unspecified atom stereocenters. The van der Waals surface area contributed by atoms with E-state index in [1.54, 1.807) is 5.51 Å². The lowest BCUT2D eigenvalue weighted by Gasteiger charge is -1.93. The van der Waals surface area contributed by atoms with E-state index in [2.05, 4.69) is 4.98 Å². The summed E-state index contributed by atoms with van der Waals surface area (Å²) in [5.41, 5.74) is 1.56. The Hall–Kier alpha value is -0.420. The van der Waals surface area contributed by atoms with Crippen molar-refractivity contribution in [1.82, 2.24) is 4.98 Å². The second-order valence-electron chi connectivity index (χ2n) is 2.21. The molecule has 0 N–H and O–H groups in total. The van der Waals surface area contributed by atoms with Gasteiger partial charge in [0.2, 0.25) is 0 Å². The van der Waals surface area contributed by atoms with Gasteiger partial charge in [0.05, 0.1) is 5.51 Å². The van der Waals surface area contributed by atoms with Crippen LogP contribution in [0.1, 0.15) is 25.6 Å². The first-order valence-electron chi connectivity index (χ1n) is 4.18. The average Bonchev–Trinajstić information content (AvgIpc) is 2.54. The van der Waals surface area contributed by atoms with Crippen molar-refractivity contribution in [3.05, 3.63) is 10.4 Å². The normalized spacial score (nSPS) is 10.5. The van der Waals surface area contributed by atoms with Crippen LogP contribution in [0.5, 0.6) is 0 Å². The maximum atomic E-state index is 11.0. The summed E-state index contributed by atoms with van der Waals surface area (Å²) in [6, 6.07) is 0. The van der Waals surface area contributed by atoms with Crippen molar-refractivity contribution in [2.75, 3.05) is 6.26 Å². The largest absolute Gasteiger partial charge is 0.233 e. The molecule has 1 aromatic rings. The van der Waals surface area contributed by atoms with Crippen molar-refractivity contribution in [2.24, 2.45) is 0 Å². The van der Waals surface area contributed by atoms with Gasteiger partial charge in [0, 0.05) is 11.1 Å². The van der Waals surface area contributed by atoms with E-state index in [0.29, 0.717) is 0 Å². The molecular weight excluding hydrogens is 206 g/mol. The molecule has 0 radical (unpaired) electrons. The van der Waals surface area contributed by atoms with Gasteiger partial charge in [-0.15, -0.1) is 11.3 Å². The second-order valence-corrected chi connectivity index (χ2v) is 5.08. The summed E-state index contributed by atoms with van der Waals surface area (Å²) in [6.07, 6.45) is 1.91. The van der Waals surface area contributed by atoms with Gasteiger partial charge in [0.1, 0.15) is 0 Å². The third kappa shape index (κ3) is 3.44. The number of thiazole rings is 1. The molecule has 3 nitrogen and oxygen atoms in total. The van der Waals surface area contributed by atoms with E-state index >= 15 is 0 Å². The molecule has 0 aliphatic rings. The van der Waals surface area contributed by atoms with Crippen molar-refractivity contribution in [1.29, 1.82) is 0 Å². The zero-order valence-electron chi connectivity index (χ0n) is 8.36. The quantitative estimate of drug-likeness (QED) is 0.768. The van der Waals surface area contributed by atoms with Gasteiger partial charge in [-0.2, -0.15) is 0 Å². The van der Waals surface area contributed by atoms with Crippen molar-refractivity contribution in [3.8, 4) is 0 Å². The molecule has 0 saturated heterocycles. The van der Waals surface area contributed by atoms with Gasteiger partial charge in [-0.05, 0) is 6.42 Å². The van der Waals surface area contributed by atoms with Gasteiger partial charge in [0.25, 0.3) is 0 Å². The van der Waals surface area contributed by atoms with Crippen LogP contribution in [0.25, 0.3) is 0 Å². The summed E-state index contributed by atoms with van der Waals surface area (Å²) in [5, 5.41) is 0.241. The maximum Gasteiger partial charge on any atom is 0.193 e. The molecule has 1 rings (SSSR count). The minimum atomic E-state index is -3.10. The second kappa shape index (κ2) is 5.34. The summed E-state index contributed by atoms with van der Waals surface area (Å²) in [7, 11) is -3.10. The Kier molecular flexibility index (Phi) is 5.17. The van der Waals surface area contributed by atoms with Crippen LogP contribution >= 0.6 is 11.3 Å². The van der Waals surface area contributed by atoms with Gasteiger partial charge in [-0.3, -0.25) is 0 Å². The fraction of sp³-hybridized carbons (Fsp3) is 0.625. The summed E-state index contributed by atoms with van der Waals surface area (Å²) in [6.45, 7) is 5.92. The molecule has 0 aromatic carbocycles. The lowest BCUT2D eigenvalue weighted by atomic mass is 10.4. The van der Waals surface area contributed by atoms with Gasteiger partial charge < -0.3 is 0 Å². The van der Waals surface area contributed by atoms with E-state index < -0.39 is 9.84 Å². The number of hydrogen-bond acceptors (Lipinski definition) is 4. The number of nitrogens with zero attached hydrogens (tertiary/aromatic N) is 1. The monoisotopic (exact) mass is 221 g/mol. The lowest BCUT2D eigenvalue weighted by Crippen LogP contribution is -2.00. The van der Waals surface area contributed by atoms with Gasteiger partial charge in [-0.1, -0.05) is 20.8 Å². The summed E-state index contributed by atoms with van der Waals surface area (Å²) >= 11 is 1.39. The smallest absolute Gasteiger partial charge is 0.193 e. The highest BCUT2D eigenvalue weighted by Gasteiger charge is 2.14. The number of rotatable bonds is 2. The first-order valence-corrected chi connectivity index (χ1v) is 6.95. The van der Waals surface area contributed by atoms with Crippen LogP contribution in [0.4, 0.5) is 0 Å². The van der Waals surface area contributed by atoms with Crippen LogP contribution in [0, 0.1) is 0 Å². The van der Waals surface area contributed by atoms with Crippen molar-refractivity contribution in [3.63, 3.8) is 0 Å². The molecule has 0 bridgehead atoms. The molecule has 1 heterocycles. The minimum absolute atomic E-state index is 0.241. The minimum Gasteiger partial charge on any atom is -0.233 e. The Balaban J connectivity index is 0.000000671. The van der Waals surface area contributed by atoms with E-state index in [9.17, 15) is 8.42 Å². The standard InChI is InChI=1S/C6H9NO2S2.C2H6/c1-3-5-6(7-4-10-5)11(2,8)9;1-2/h4H,3H2,1-2H3;1-2H3. The SMILES string of the molecule is CC.CCc1scnc1S(C)(=O)=O. The van der Waals surface area contributed by atoms with Crippen molar-refractivity contribution >= 4 is 21.2 Å². The molecule has 0 atom stereocenters. The first kappa shape index (κ1) is 12.6. The molecule has 1 aromatic heterocycles. The van der Waals surface area contributed by atoms with Crippen LogP contribution in [-0.4, -0.2) is 19.7 Å². The number of aryl methyl sites for hydroxylation is 1. The van der Waals surface area contributed by atoms with Gasteiger partial charge >= 0.3 is 0 Å². The Morgan fingerprint density at radius 1 is 1.46 bits per heavy atom. The van der Waals surface area contributed by atoms with Crippen LogP contribution in [0.3, 0.4) is 0 Å². The lowest BCUT2D eigenvalue weighted by molar-refractivity contribution is 0.598. The molecule has 5 heteroatoms. The molecule has 0 spiro atoms. The highest BCUT2D eigenvalue weighted by atomic mass is 32.2. The maximum absolute atomic E-state index is 11.0. The molecule has 0 amide bonds. The Morgan fingerprint density at radius 2 is 2.00 bits per heavy atom.